The van der Waals surface area contributed by atoms with Crippen LogP contribution in [0.15, 0.2) is 36.8 Å². The highest BCUT2D eigenvalue weighted by Gasteiger charge is 2.57. The Kier molecular flexibility index (Phi) is 20.0. The molecular formula is C41H61N6O9P. The van der Waals surface area contributed by atoms with Crippen LogP contribution in [0.3, 0.4) is 0 Å². The molecule has 15 nitrogen and oxygen atoms in total. The molecule has 0 amide bonds. The van der Waals surface area contributed by atoms with Gasteiger partial charge in [0.05, 0.1) is 48.0 Å². The molecule has 0 saturated carbocycles. The van der Waals surface area contributed by atoms with Crippen molar-refractivity contribution in [3.8, 4) is 12.1 Å². The molecule has 3 aromatic heterocycles. The molecule has 314 valence electrons. The standard InChI is InChI=1S/C41H61N6O9P/c1-3-4-5-6-7-8-9-10-11-12-13-14-15-16-17-18-23-52-27-35(53-26-34-20-19-33(24-42)25-44-34)28-54-57(50,51)55-30-41(29-43)40(49)38(48)39(56-41)37-22-21-36-32(2)45-31-46-47(36)37/h19-22,25,31,35,38-40,48-49H,3-18,23,26-28,30H2,1-2H3,(H,50,51)/t35?,38-,39-,40-,41+/m0/s1. The van der Waals surface area contributed by atoms with Crippen molar-refractivity contribution in [2.45, 2.75) is 153 Å². The molecule has 1 aliphatic rings. The molecular weight excluding hydrogens is 751 g/mol. The van der Waals surface area contributed by atoms with Crippen LogP contribution < -0.4 is 0 Å². The normalized spacial score (nSPS) is 21.0. The summed E-state index contributed by atoms with van der Waals surface area (Å²) in [6.45, 7) is 3.29. The Morgan fingerprint density at radius 1 is 0.895 bits per heavy atom. The first-order valence-electron chi connectivity index (χ1n) is 20.5. The third-order valence-electron chi connectivity index (χ3n) is 10.3. The number of aromatic nitrogens is 4. The van der Waals surface area contributed by atoms with Gasteiger partial charge in [0.2, 0.25) is 5.60 Å². The second-order valence-electron chi connectivity index (χ2n) is 14.9. The lowest BCUT2D eigenvalue weighted by Gasteiger charge is -2.25. The maximum absolute atomic E-state index is 13.1. The maximum atomic E-state index is 13.1. The Hall–Kier alpha value is -3.34. The van der Waals surface area contributed by atoms with Gasteiger partial charge in [-0.1, -0.05) is 103 Å². The molecule has 2 unspecified atom stereocenters. The Balaban J connectivity index is 1.19. The number of aliphatic hydroxyl groups is 2. The molecule has 0 radical (unpaired) electrons. The fourth-order valence-electron chi connectivity index (χ4n) is 6.86. The van der Waals surface area contributed by atoms with Gasteiger partial charge in [0.25, 0.3) is 0 Å². The number of unbranched alkanes of at least 4 members (excludes halogenated alkanes) is 15. The van der Waals surface area contributed by atoms with Crippen molar-refractivity contribution >= 4 is 13.3 Å². The smallest absolute Gasteiger partial charge is 0.387 e. The van der Waals surface area contributed by atoms with Crippen molar-refractivity contribution in [3.63, 3.8) is 0 Å². The number of aliphatic hydroxyl groups excluding tert-OH is 2. The molecule has 3 N–H and O–H groups in total. The van der Waals surface area contributed by atoms with Crippen LogP contribution in [-0.2, 0) is 34.4 Å². The Labute approximate surface area is 336 Å². The Morgan fingerprint density at radius 3 is 2.14 bits per heavy atom. The number of hydrogen-bond acceptors (Lipinski definition) is 13. The van der Waals surface area contributed by atoms with E-state index < -0.39 is 51.1 Å². The SMILES string of the molecule is CCCCCCCCCCCCCCCCCCOCC(COP(=O)(O)OC[C@@]1(C#N)O[C@@H](c2ccc3c(C)ncnn23)[C@H](O)[C@@H]1O)OCc1ccc(C#N)cn1. The van der Waals surface area contributed by atoms with Gasteiger partial charge >= 0.3 is 7.82 Å². The minimum absolute atomic E-state index is 0.0223. The topological polar surface area (TPSA) is 215 Å². The number of nitriles is 2. The van der Waals surface area contributed by atoms with Crippen LogP contribution in [-0.4, -0.2) is 85.0 Å². The molecule has 0 bridgehead atoms. The Morgan fingerprint density at radius 2 is 1.54 bits per heavy atom. The highest BCUT2D eigenvalue weighted by Crippen LogP contribution is 2.47. The number of phosphoric acid groups is 1. The lowest BCUT2D eigenvalue weighted by Crippen LogP contribution is -2.45. The zero-order valence-corrected chi connectivity index (χ0v) is 34.4. The summed E-state index contributed by atoms with van der Waals surface area (Å²) in [4.78, 5) is 19.0. The number of pyridine rings is 1. The molecule has 0 aliphatic carbocycles. The zero-order chi connectivity index (χ0) is 40.9. The van der Waals surface area contributed by atoms with Crippen molar-refractivity contribution in [1.29, 1.82) is 10.5 Å². The van der Waals surface area contributed by atoms with E-state index in [-0.39, 0.29) is 13.2 Å². The highest BCUT2D eigenvalue weighted by atomic mass is 31.2. The van der Waals surface area contributed by atoms with E-state index in [9.17, 15) is 24.9 Å². The summed E-state index contributed by atoms with van der Waals surface area (Å²) in [6, 6.07) is 10.4. The van der Waals surface area contributed by atoms with Gasteiger partial charge in [0, 0.05) is 12.8 Å². The lowest BCUT2D eigenvalue weighted by atomic mass is 9.96. The second-order valence-corrected chi connectivity index (χ2v) is 16.3. The minimum Gasteiger partial charge on any atom is -0.387 e. The third kappa shape index (κ3) is 14.8. The van der Waals surface area contributed by atoms with Crippen LogP contribution in [0.5, 0.6) is 0 Å². The van der Waals surface area contributed by atoms with E-state index in [0.717, 1.165) is 19.3 Å². The van der Waals surface area contributed by atoms with Crippen LogP contribution >= 0.6 is 7.82 Å². The summed E-state index contributed by atoms with van der Waals surface area (Å²) in [5.74, 6) is 0. The molecule has 3 aromatic rings. The quantitative estimate of drug-likeness (QED) is 0.0462. The van der Waals surface area contributed by atoms with E-state index in [2.05, 4.69) is 22.0 Å². The second kappa shape index (κ2) is 24.6. The summed E-state index contributed by atoms with van der Waals surface area (Å²) in [5, 5.41) is 45.1. The predicted molar refractivity (Wildman–Crippen MR) is 212 cm³/mol. The van der Waals surface area contributed by atoms with Crippen molar-refractivity contribution < 1.29 is 42.9 Å². The molecule has 6 atom stereocenters. The first kappa shape index (κ1) is 46.4. The molecule has 0 spiro atoms. The van der Waals surface area contributed by atoms with Crippen LogP contribution in [0.25, 0.3) is 5.52 Å². The molecule has 1 fully saturated rings. The van der Waals surface area contributed by atoms with E-state index in [1.807, 2.05) is 12.1 Å². The number of fused-ring (bicyclic) bond motifs is 1. The fraction of sp³-hybridized carbons (Fsp3) is 0.683. The van der Waals surface area contributed by atoms with Gasteiger partial charge in [-0.25, -0.2) is 14.1 Å². The summed E-state index contributed by atoms with van der Waals surface area (Å²) in [7, 11) is -4.85. The number of rotatable bonds is 29. The predicted octanol–water partition coefficient (Wildman–Crippen LogP) is 7.36. The molecule has 1 saturated heterocycles. The van der Waals surface area contributed by atoms with Gasteiger partial charge in [-0.3, -0.25) is 14.0 Å². The number of ether oxygens (including phenoxy) is 3. The van der Waals surface area contributed by atoms with Crippen molar-refractivity contribution in [3.05, 3.63) is 59.4 Å². The van der Waals surface area contributed by atoms with Gasteiger partial charge in [-0.2, -0.15) is 15.6 Å². The van der Waals surface area contributed by atoms with Crippen LogP contribution in [0.4, 0.5) is 0 Å². The third-order valence-corrected chi connectivity index (χ3v) is 11.3. The number of nitrogens with zero attached hydrogens (tertiary/aromatic N) is 6. The van der Waals surface area contributed by atoms with Crippen molar-refractivity contribution in [1.82, 2.24) is 19.6 Å². The van der Waals surface area contributed by atoms with Gasteiger partial charge in [0.1, 0.15) is 49.5 Å². The molecule has 1 aliphatic heterocycles. The van der Waals surface area contributed by atoms with Gasteiger partial charge in [0.15, 0.2) is 0 Å². The van der Waals surface area contributed by atoms with Gasteiger partial charge in [-0.05, 0) is 37.6 Å². The van der Waals surface area contributed by atoms with Crippen LogP contribution in [0, 0.1) is 29.6 Å². The number of hydrogen-bond donors (Lipinski definition) is 3. The summed E-state index contributed by atoms with van der Waals surface area (Å²) >= 11 is 0. The fourth-order valence-corrected chi connectivity index (χ4v) is 7.65. The highest BCUT2D eigenvalue weighted by molar-refractivity contribution is 7.47. The molecule has 0 aromatic carbocycles. The monoisotopic (exact) mass is 812 g/mol. The maximum Gasteiger partial charge on any atom is 0.472 e. The first-order chi connectivity index (χ1) is 27.6. The average molecular weight is 813 g/mol. The molecule has 16 heteroatoms. The average Bonchev–Trinajstić information content (AvgIpc) is 3.76. The molecule has 4 heterocycles. The largest absolute Gasteiger partial charge is 0.472 e. The van der Waals surface area contributed by atoms with E-state index in [0.29, 0.717) is 34.8 Å². The van der Waals surface area contributed by atoms with Crippen LogP contribution in [0.2, 0.25) is 0 Å². The van der Waals surface area contributed by atoms with Crippen molar-refractivity contribution in [2.24, 2.45) is 0 Å². The molecule has 4 rings (SSSR count). The minimum atomic E-state index is -4.85. The summed E-state index contributed by atoms with van der Waals surface area (Å²) < 4.78 is 42.7. The molecule has 57 heavy (non-hydrogen) atoms. The van der Waals surface area contributed by atoms with E-state index in [1.165, 1.54) is 101 Å². The Bertz CT molecular complexity index is 1750. The van der Waals surface area contributed by atoms with E-state index in [1.54, 1.807) is 31.2 Å². The number of phosphoric ester groups is 1. The summed E-state index contributed by atoms with van der Waals surface area (Å²) in [6.07, 6.45) is 17.7. The van der Waals surface area contributed by atoms with Gasteiger partial charge in [-0.15, -0.1) is 0 Å². The zero-order valence-electron chi connectivity index (χ0n) is 33.5. The summed E-state index contributed by atoms with van der Waals surface area (Å²) in [5.41, 5.74) is 0.380. The first-order valence-corrected chi connectivity index (χ1v) is 22.0. The lowest BCUT2D eigenvalue weighted by molar-refractivity contribution is -0.0791. The van der Waals surface area contributed by atoms with Gasteiger partial charge < -0.3 is 29.3 Å². The van der Waals surface area contributed by atoms with Crippen molar-refractivity contribution in [2.75, 3.05) is 26.4 Å². The number of aryl methyl sites for hydroxylation is 1. The van der Waals surface area contributed by atoms with E-state index in [4.69, 9.17) is 28.5 Å². The van der Waals surface area contributed by atoms with E-state index >= 15 is 0 Å². The van der Waals surface area contributed by atoms with Crippen LogP contribution in [0.1, 0.15) is 138 Å².